The fourth-order valence-corrected chi connectivity index (χ4v) is 3.60. The molecule has 13 heteroatoms. The van der Waals surface area contributed by atoms with Gasteiger partial charge in [0.1, 0.15) is 17.8 Å². The van der Waals surface area contributed by atoms with Crippen LogP contribution in [0.4, 0.5) is 13.2 Å². The number of benzene rings is 1. The van der Waals surface area contributed by atoms with Crippen molar-refractivity contribution >= 4 is 6.08 Å². The van der Waals surface area contributed by atoms with Crippen LogP contribution in [-0.2, 0) is 24.6 Å². The van der Waals surface area contributed by atoms with E-state index in [2.05, 4.69) is 36.0 Å². The molecule has 1 aliphatic heterocycles. The molecular weight excluding hydrogens is 427 g/mol. The third-order valence-electron chi connectivity index (χ3n) is 5.20. The second-order valence-corrected chi connectivity index (χ2v) is 7.20. The Morgan fingerprint density at radius 2 is 2.03 bits per heavy atom. The SMILES string of the molecule is OC1(C(F)(F)c2ccc(/C=C/Cn3cnnn3)cn2)Cn2nnnc2-c2cc(F)ccc21. The number of pyridine rings is 1. The molecule has 1 aliphatic rings. The van der Waals surface area contributed by atoms with E-state index in [1.807, 2.05) is 0 Å². The number of hydrogen-bond donors (Lipinski definition) is 1. The quantitative estimate of drug-likeness (QED) is 0.496. The van der Waals surface area contributed by atoms with Crippen LogP contribution in [0.2, 0.25) is 0 Å². The lowest BCUT2D eigenvalue weighted by Crippen LogP contribution is -2.49. The highest BCUT2D eigenvalue weighted by Gasteiger charge is 2.59. The highest BCUT2D eigenvalue weighted by atomic mass is 19.3. The summed E-state index contributed by atoms with van der Waals surface area (Å²) >= 11 is 0. The molecule has 0 fully saturated rings. The fourth-order valence-electron chi connectivity index (χ4n) is 3.60. The minimum absolute atomic E-state index is 0.00872. The average Bonchev–Trinajstić information content (AvgIpc) is 3.46. The number of allylic oxidation sites excluding steroid dienone is 1. The molecule has 1 unspecified atom stereocenters. The van der Waals surface area contributed by atoms with E-state index in [4.69, 9.17) is 0 Å². The maximum atomic E-state index is 15.6. The molecular formula is C19H14F3N9O. The van der Waals surface area contributed by atoms with Crippen molar-refractivity contribution in [3.05, 3.63) is 71.6 Å². The first-order valence-electron chi connectivity index (χ1n) is 9.39. The van der Waals surface area contributed by atoms with Crippen molar-refractivity contribution in [1.29, 1.82) is 0 Å². The topological polar surface area (TPSA) is 120 Å². The molecule has 1 N–H and O–H groups in total. The van der Waals surface area contributed by atoms with Crippen LogP contribution in [0.15, 0.2) is 48.9 Å². The Kier molecular flexibility index (Phi) is 4.55. The van der Waals surface area contributed by atoms with Crippen molar-refractivity contribution in [3.8, 4) is 11.4 Å². The number of alkyl halides is 2. The van der Waals surface area contributed by atoms with Crippen LogP contribution in [0.5, 0.6) is 0 Å². The summed E-state index contributed by atoms with van der Waals surface area (Å²) in [5.74, 6) is -4.41. The zero-order valence-corrected chi connectivity index (χ0v) is 16.2. The molecule has 1 aromatic carbocycles. The summed E-state index contributed by atoms with van der Waals surface area (Å²) in [6, 6.07) is 5.72. The number of aromatic nitrogens is 9. The van der Waals surface area contributed by atoms with Gasteiger partial charge in [-0.2, -0.15) is 8.78 Å². The highest BCUT2D eigenvalue weighted by molar-refractivity contribution is 5.64. The van der Waals surface area contributed by atoms with E-state index in [1.54, 1.807) is 12.2 Å². The molecule has 0 aliphatic carbocycles. The molecule has 4 heterocycles. The van der Waals surface area contributed by atoms with Gasteiger partial charge in [-0.1, -0.05) is 24.3 Å². The minimum atomic E-state index is -3.84. The highest BCUT2D eigenvalue weighted by Crippen LogP contribution is 2.50. The molecule has 5 rings (SSSR count). The summed E-state index contributed by atoms with van der Waals surface area (Å²) in [6.07, 6.45) is 6.12. The zero-order chi connectivity index (χ0) is 22.3. The standard InChI is InChI=1S/C19H14F3N9O/c20-13-4-5-15-14(8-13)17-25-27-29-31(17)10-18(15,32)19(21,22)16-6-3-12(9-23-16)2-1-7-30-11-24-26-28-30/h1-6,8-9,11,32H,7,10H2/b2-1+. The molecule has 0 spiro atoms. The van der Waals surface area contributed by atoms with Crippen LogP contribution in [0.1, 0.15) is 16.8 Å². The van der Waals surface area contributed by atoms with Gasteiger partial charge in [0.2, 0.25) is 0 Å². The van der Waals surface area contributed by atoms with E-state index in [9.17, 15) is 9.50 Å². The molecule has 0 radical (unpaired) electrons. The minimum Gasteiger partial charge on any atom is -0.377 e. The Labute approximate surface area is 178 Å². The third-order valence-corrected chi connectivity index (χ3v) is 5.20. The molecule has 1 atom stereocenters. The summed E-state index contributed by atoms with van der Waals surface area (Å²) < 4.78 is 47.6. The number of halogens is 3. The molecule has 162 valence electrons. The Balaban J connectivity index is 1.47. The summed E-state index contributed by atoms with van der Waals surface area (Å²) in [7, 11) is 0. The van der Waals surface area contributed by atoms with Gasteiger partial charge < -0.3 is 5.11 Å². The van der Waals surface area contributed by atoms with E-state index in [0.717, 1.165) is 28.9 Å². The normalized spacial score (nSPS) is 18.0. The first kappa shape index (κ1) is 19.9. The van der Waals surface area contributed by atoms with Gasteiger partial charge in [0.05, 0.1) is 13.1 Å². The lowest BCUT2D eigenvalue weighted by Gasteiger charge is -2.39. The first-order valence-corrected chi connectivity index (χ1v) is 9.39. The molecule has 0 amide bonds. The van der Waals surface area contributed by atoms with Crippen molar-refractivity contribution in [2.75, 3.05) is 0 Å². The second-order valence-electron chi connectivity index (χ2n) is 7.20. The molecule has 32 heavy (non-hydrogen) atoms. The predicted octanol–water partition coefficient (Wildman–Crippen LogP) is 1.57. The average molecular weight is 441 g/mol. The summed E-state index contributed by atoms with van der Waals surface area (Å²) in [4.78, 5) is 3.88. The van der Waals surface area contributed by atoms with Gasteiger partial charge in [-0.15, -0.1) is 10.2 Å². The number of aliphatic hydroxyl groups is 1. The van der Waals surface area contributed by atoms with E-state index in [1.165, 1.54) is 23.3 Å². The van der Waals surface area contributed by atoms with Gasteiger partial charge in [0, 0.05) is 17.3 Å². The monoisotopic (exact) mass is 441 g/mol. The first-order chi connectivity index (χ1) is 15.4. The van der Waals surface area contributed by atoms with Crippen molar-refractivity contribution in [3.63, 3.8) is 0 Å². The Morgan fingerprint density at radius 1 is 1.16 bits per heavy atom. The predicted molar refractivity (Wildman–Crippen MR) is 102 cm³/mol. The number of fused-ring (bicyclic) bond motifs is 3. The number of tetrazole rings is 2. The van der Waals surface area contributed by atoms with Gasteiger partial charge in [-0.3, -0.25) is 4.98 Å². The van der Waals surface area contributed by atoms with Gasteiger partial charge in [0.25, 0.3) is 0 Å². The van der Waals surface area contributed by atoms with Crippen molar-refractivity contribution in [2.24, 2.45) is 0 Å². The maximum absolute atomic E-state index is 15.6. The molecule has 0 saturated heterocycles. The second kappa shape index (κ2) is 7.30. The van der Waals surface area contributed by atoms with Crippen molar-refractivity contribution < 1.29 is 18.3 Å². The van der Waals surface area contributed by atoms with E-state index in [0.29, 0.717) is 12.1 Å². The number of hydrogen-bond acceptors (Lipinski definition) is 8. The lowest BCUT2D eigenvalue weighted by atomic mass is 9.80. The van der Waals surface area contributed by atoms with E-state index in [-0.39, 0.29) is 17.0 Å². The van der Waals surface area contributed by atoms with Gasteiger partial charge in [0.15, 0.2) is 11.4 Å². The Morgan fingerprint density at radius 3 is 2.78 bits per heavy atom. The summed E-state index contributed by atoms with van der Waals surface area (Å²) in [5, 5.41) is 32.8. The van der Waals surface area contributed by atoms with Gasteiger partial charge >= 0.3 is 5.92 Å². The van der Waals surface area contributed by atoms with Crippen LogP contribution in [0, 0.1) is 5.82 Å². The summed E-state index contributed by atoms with van der Waals surface area (Å²) in [5.41, 5.74) is -3.02. The van der Waals surface area contributed by atoms with Crippen LogP contribution in [-0.4, -0.2) is 50.5 Å². The van der Waals surface area contributed by atoms with E-state index >= 15 is 8.78 Å². The molecule has 0 bridgehead atoms. The Bertz CT molecular complexity index is 1290. The van der Waals surface area contributed by atoms with Crippen LogP contribution < -0.4 is 0 Å². The Hall–Kier alpha value is -4.00. The third kappa shape index (κ3) is 3.13. The smallest absolute Gasteiger partial charge is 0.323 e. The van der Waals surface area contributed by atoms with Crippen molar-refractivity contribution in [2.45, 2.75) is 24.6 Å². The van der Waals surface area contributed by atoms with Crippen LogP contribution in [0.3, 0.4) is 0 Å². The van der Waals surface area contributed by atoms with Crippen LogP contribution >= 0.6 is 0 Å². The lowest BCUT2D eigenvalue weighted by molar-refractivity contribution is -0.207. The molecule has 3 aromatic heterocycles. The van der Waals surface area contributed by atoms with Gasteiger partial charge in [-0.05, 0) is 44.6 Å². The van der Waals surface area contributed by atoms with E-state index < -0.39 is 29.6 Å². The van der Waals surface area contributed by atoms with Gasteiger partial charge in [-0.25, -0.2) is 13.8 Å². The van der Waals surface area contributed by atoms with Crippen molar-refractivity contribution in [1.82, 2.24) is 45.4 Å². The summed E-state index contributed by atoms with van der Waals surface area (Å²) in [6.45, 7) is -0.234. The molecule has 10 nitrogen and oxygen atoms in total. The fraction of sp³-hybridized carbons (Fsp3) is 0.211. The van der Waals surface area contributed by atoms with Crippen LogP contribution in [0.25, 0.3) is 17.5 Å². The zero-order valence-electron chi connectivity index (χ0n) is 16.2. The molecule has 4 aromatic rings. The maximum Gasteiger partial charge on any atom is 0.323 e. The largest absolute Gasteiger partial charge is 0.377 e. The molecule has 0 saturated carbocycles. The number of rotatable bonds is 5. The number of nitrogens with zero attached hydrogens (tertiary/aromatic N) is 9.